The van der Waals surface area contributed by atoms with E-state index in [0.29, 0.717) is 24.1 Å². The zero-order chi connectivity index (χ0) is 25.7. The Morgan fingerprint density at radius 3 is 2.47 bits per heavy atom. The Hall–Kier alpha value is -3.43. The summed E-state index contributed by atoms with van der Waals surface area (Å²) in [6.45, 7) is 8.05. The van der Waals surface area contributed by atoms with Crippen LogP contribution in [0.25, 0.3) is 10.9 Å². The van der Waals surface area contributed by atoms with Crippen LogP contribution in [0.1, 0.15) is 29.8 Å². The Balaban J connectivity index is 1.49. The molecule has 192 valence electrons. The third-order valence-corrected chi connectivity index (χ3v) is 6.24. The van der Waals surface area contributed by atoms with Crippen molar-refractivity contribution in [3.05, 3.63) is 53.6 Å². The molecule has 0 bridgehead atoms. The second kappa shape index (κ2) is 11.5. The molecule has 0 radical (unpaired) electrons. The lowest BCUT2D eigenvalue weighted by atomic mass is 10.0. The molecular weight excluding hydrogens is 456 g/mol. The lowest BCUT2D eigenvalue weighted by molar-refractivity contribution is 0.0897. The number of likely N-dealkylation sites (N-methyl/N-ethyl adjacent to an activating group) is 1. The zero-order valence-electron chi connectivity index (χ0n) is 21.5. The lowest BCUT2D eigenvalue weighted by Gasteiger charge is -2.33. The van der Waals surface area contributed by atoms with Crippen LogP contribution in [0.4, 0.5) is 11.8 Å². The summed E-state index contributed by atoms with van der Waals surface area (Å²) in [6.07, 6.45) is 0.759. The maximum atomic E-state index is 13.2. The predicted octanol–water partition coefficient (Wildman–Crippen LogP) is 2.74. The maximum Gasteiger partial charge on any atom is 0.251 e. The molecule has 1 atom stereocenters. The summed E-state index contributed by atoms with van der Waals surface area (Å²) in [5.41, 5.74) is 8.31. The number of carbonyl (C=O) groups excluding carboxylic acids is 1. The molecule has 2 aromatic carbocycles. The molecule has 1 amide bonds. The van der Waals surface area contributed by atoms with Gasteiger partial charge >= 0.3 is 0 Å². The first-order chi connectivity index (χ1) is 17.3. The Labute approximate surface area is 212 Å². The quantitative estimate of drug-likeness (QED) is 0.470. The summed E-state index contributed by atoms with van der Waals surface area (Å²) in [4.78, 5) is 26.6. The van der Waals surface area contributed by atoms with Crippen LogP contribution < -0.4 is 20.7 Å². The number of nitrogens with zero attached hydrogens (tertiary/aromatic N) is 4. The zero-order valence-corrected chi connectivity index (χ0v) is 21.5. The van der Waals surface area contributed by atoms with Gasteiger partial charge in [0.15, 0.2) is 0 Å². The smallest absolute Gasteiger partial charge is 0.251 e. The molecule has 3 N–H and O–H groups in total. The minimum atomic E-state index is -0.188. The van der Waals surface area contributed by atoms with E-state index in [2.05, 4.69) is 32.1 Å². The van der Waals surface area contributed by atoms with Gasteiger partial charge in [-0.25, -0.2) is 4.98 Å². The van der Waals surface area contributed by atoms with Gasteiger partial charge in [-0.05, 0) is 63.2 Å². The summed E-state index contributed by atoms with van der Waals surface area (Å²) in [5.74, 6) is 1.67. The molecule has 4 rings (SSSR count). The molecule has 0 spiro atoms. The maximum absolute atomic E-state index is 13.2. The number of carbonyl (C=O) groups is 1. The molecular formula is C27H36N6O3. The summed E-state index contributed by atoms with van der Waals surface area (Å²) in [6, 6.07) is 13.3. The molecule has 1 aliphatic rings. The fourth-order valence-electron chi connectivity index (χ4n) is 4.41. The number of benzene rings is 2. The summed E-state index contributed by atoms with van der Waals surface area (Å²) in [5, 5.41) is 4.00. The second-order valence-corrected chi connectivity index (χ2v) is 9.57. The molecule has 36 heavy (non-hydrogen) atoms. The minimum Gasteiger partial charge on any atom is -0.491 e. The van der Waals surface area contributed by atoms with Gasteiger partial charge in [0.05, 0.1) is 24.3 Å². The highest BCUT2D eigenvalue weighted by atomic mass is 16.5. The molecule has 9 nitrogen and oxygen atoms in total. The van der Waals surface area contributed by atoms with E-state index in [-0.39, 0.29) is 24.0 Å². The fraction of sp³-hybridized carbons (Fsp3) is 0.444. The topological polar surface area (TPSA) is 106 Å². The average molecular weight is 493 g/mol. The molecule has 3 aromatic rings. The number of fused-ring (bicyclic) bond motifs is 1. The third-order valence-electron chi connectivity index (χ3n) is 6.24. The first kappa shape index (κ1) is 25.7. The van der Waals surface area contributed by atoms with Crippen LogP contribution in [-0.4, -0.2) is 79.9 Å². The van der Waals surface area contributed by atoms with Crippen LogP contribution in [0, 0.1) is 0 Å². The lowest BCUT2D eigenvalue weighted by Crippen LogP contribution is -2.45. The van der Waals surface area contributed by atoms with Crippen molar-refractivity contribution < 1.29 is 14.3 Å². The summed E-state index contributed by atoms with van der Waals surface area (Å²) < 4.78 is 11.1. The van der Waals surface area contributed by atoms with Crippen LogP contribution in [0.3, 0.4) is 0 Å². The van der Waals surface area contributed by atoms with Crippen molar-refractivity contribution in [1.29, 1.82) is 0 Å². The number of nitrogens with two attached hydrogens (primary N) is 1. The SMILES string of the molecule is COCC(Cc1ccc(OC(C)C)cc1)NC(=O)c1ccc2c(N3CCN(C)CC3)nc(N)nc2c1. The number of anilines is 2. The predicted molar refractivity (Wildman–Crippen MR) is 143 cm³/mol. The van der Waals surface area contributed by atoms with Crippen molar-refractivity contribution in [2.24, 2.45) is 0 Å². The van der Waals surface area contributed by atoms with E-state index in [1.54, 1.807) is 13.2 Å². The van der Waals surface area contributed by atoms with Crippen LogP contribution in [0.15, 0.2) is 42.5 Å². The highest BCUT2D eigenvalue weighted by molar-refractivity contribution is 6.00. The number of hydrogen-bond acceptors (Lipinski definition) is 8. The molecule has 9 heteroatoms. The van der Waals surface area contributed by atoms with Crippen molar-refractivity contribution in [1.82, 2.24) is 20.2 Å². The Bertz CT molecular complexity index is 1180. The fourth-order valence-corrected chi connectivity index (χ4v) is 4.41. The van der Waals surface area contributed by atoms with Crippen molar-refractivity contribution in [2.45, 2.75) is 32.4 Å². The molecule has 0 aliphatic carbocycles. The van der Waals surface area contributed by atoms with E-state index in [1.165, 1.54) is 0 Å². The molecule has 1 aliphatic heterocycles. The Morgan fingerprint density at radius 1 is 1.08 bits per heavy atom. The number of aromatic nitrogens is 2. The number of piperazine rings is 1. The van der Waals surface area contributed by atoms with Gasteiger partial charge in [0.1, 0.15) is 11.6 Å². The van der Waals surface area contributed by atoms with Crippen LogP contribution in [0.2, 0.25) is 0 Å². The second-order valence-electron chi connectivity index (χ2n) is 9.57. The first-order valence-corrected chi connectivity index (χ1v) is 12.4. The van der Waals surface area contributed by atoms with Gasteiger partial charge in [-0.3, -0.25) is 4.79 Å². The van der Waals surface area contributed by atoms with Crippen molar-refractivity contribution in [3.63, 3.8) is 0 Å². The van der Waals surface area contributed by atoms with Crippen LogP contribution in [-0.2, 0) is 11.2 Å². The van der Waals surface area contributed by atoms with Gasteiger partial charge in [0.25, 0.3) is 5.91 Å². The van der Waals surface area contributed by atoms with Gasteiger partial charge in [-0.15, -0.1) is 0 Å². The van der Waals surface area contributed by atoms with E-state index in [1.807, 2.05) is 50.2 Å². The number of hydrogen-bond donors (Lipinski definition) is 2. The van der Waals surface area contributed by atoms with Gasteiger partial charge < -0.3 is 30.3 Å². The number of nitrogen functional groups attached to an aromatic ring is 1. The van der Waals surface area contributed by atoms with Crippen molar-refractivity contribution in [2.75, 3.05) is 57.6 Å². The number of methoxy groups -OCH3 is 1. The standard InChI is InChI=1S/C27H36N6O3/c1-18(2)36-22-8-5-19(6-9-22)15-21(17-35-4)29-26(34)20-7-10-23-24(16-20)30-27(28)31-25(23)33-13-11-32(3)12-14-33/h5-10,16,18,21H,11-15,17H2,1-4H3,(H,29,34)(H2,28,30,31). The molecule has 1 saturated heterocycles. The summed E-state index contributed by atoms with van der Waals surface area (Å²) >= 11 is 0. The number of nitrogens with one attached hydrogen (secondary N) is 1. The van der Waals surface area contributed by atoms with Gasteiger partial charge in [-0.1, -0.05) is 12.1 Å². The third kappa shape index (κ3) is 6.41. The van der Waals surface area contributed by atoms with E-state index in [0.717, 1.165) is 48.7 Å². The highest BCUT2D eigenvalue weighted by Crippen LogP contribution is 2.26. The van der Waals surface area contributed by atoms with E-state index in [4.69, 9.17) is 15.2 Å². The molecule has 0 saturated carbocycles. The average Bonchev–Trinajstić information content (AvgIpc) is 2.84. The largest absolute Gasteiger partial charge is 0.491 e. The van der Waals surface area contributed by atoms with Crippen LogP contribution >= 0.6 is 0 Å². The highest BCUT2D eigenvalue weighted by Gasteiger charge is 2.20. The number of ether oxygens (including phenoxy) is 2. The van der Waals surface area contributed by atoms with E-state index >= 15 is 0 Å². The number of rotatable bonds is 9. The number of amides is 1. The van der Waals surface area contributed by atoms with Crippen LogP contribution in [0.5, 0.6) is 5.75 Å². The Kier molecular flexibility index (Phi) is 8.22. The summed E-state index contributed by atoms with van der Waals surface area (Å²) in [7, 11) is 3.75. The first-order valence-electron chi connectivity index (χ1n) is 12.4. The Morgan fingerprint density at radius 2 is 1.81 bits per heavy atom. The van der Waals surface area contributed by atoms with E-state index < -0.39 is 0 Å². The molecule has 1 aromatic heterocycles. The van der Waals surface area contributed by atoms with Gasteiger partial charge in [0, 0.05) is 44.2 Å². The van der Waals surface area contributed by atoms with Crippen molar-refractivity contribution >= 4 is 28.6 Å². The van der Waals surface area contributed by atoms with Gasteiger partial charge in [-0.2, -0.15) is 4.98 Å². The molecule has 2 heterocycles. The van der Waals surface area contributed by atoms with Crippen molar-refractivity contribution in [3.8, 4) is 5.75 Å². The van der Waals surface area contributed by atoms with Gasteiger partial charge in [0.2, 0.25) is 5.95 Å². The minimum absolute atomic E-state index is 0.122. The molecule has 1 fully saturated rings. The monoisotopic (exact) mass is 492 g/mol. The van der Waals surface area contributed by atoms with E-state index in [9.17, 15) is 4.79 Å². The normalized spacial score (nSPS) is 15.3. The molecule has 1 unspecified atom stereocenters.